The molecule has 2 heterocycles. The lowest BCUT2D eigenvalue weighted by atomic mass is 9.98. The number of pyridine rings is 1. The maximum atomic E-state index is 13.1. The standard InChI is InChI=1S/C19H22FN3O3S/c1-14(18-6-2-3-11-21-18)22-19(24)15-5-4-12-23(13-15)27(25,26)17-9-7-16(20)8-10-17/h2-3,6-11,14-15H,4-5,12-13H2,1H3,(H,22,24)/t14-,15+/m1/s1. The molecule has 1 amide bonds. The number of amides is 1. The number of benzene rings is 1. The Balaban J connectivity index is 1.68. The normalized spacial score (nSPS) is 19.4. The van der Waals surface area contributed by atoms with Crippen LogP contribution in [0.5, 0.6) is 0 Å². The molecular weight excluding hydrogens is 369 g/mol. The van der Waals surface area contributed by atoms with Crippen LogP contribution in [0, 0.1) is 11.7 Å². The first kappa shape index (κ1) is 19.4. The SMILES string of the molecule is C[C@@H](NC(=O)[C@H]1CCCN(S(=O)(=O)c2ccc(F)cc2)C1)c1ccccn1. The van der Waals surface area contributed by atoms with Crippen molar-refractivity contribution in [1.82, 2.24) is 14.6 Å². The van der Waals surface area contributed by atoms with Crippen molar-refractivity contribution in [3.63, 3.8) is 0 Å². The van der Waals surface area contributed by atoms with E-state index in [2.05, 4.69) is 10.3 Å². The van der Waals surface area contributed by atoms with Gasteiger partial charge in [-0.15, -0.1) is 0 Å². The van der Waals surface area contributed by atoms with Crippen molar-refractivity contribution in [2.75, 3.05) is 13.1 Å². The van der Waals surface area contributed by atoms with Crippen LogP contribution in [0.3, 0.4) is 0 Å². The molecule has 0 unspecified atom stereocenters. The van der Waals surface area contributed by atoms with E-state index in [-0.39, 0.29) is 23.4 Å². The van der Waals surface area contributed by atoms with Crippen LogP contribution in [-0.4, -0.2) is 36.7 Å². The van der Waals surface area contributed by atoms with Gasteiger partial charge in [0.1, 0.15) is 5.82 Å². The second-order valence-electron chi connectivity index (χ2n) is 6.64. The number of hydrogen-bond donors (Lipinski definition) is 1. The number of nitrogens with zero attached hydrogens (tertiary/aromatic N) is 2. The lowest BCUT2D eigenvalue weighted by molar-refractivity contribution is -0.126. The molecule has 0 saturated carbocycles. The van der Waals surface area contributed by atoms with E-state index in [1.807, 2.05) is 19.1 Å². The summed E-state index contributed by atoms with van der Waals surface area (Å²) >= 11 is 0. The lowest BCUT2D eigenvalue weighted by Crippen LogP contribution is -2.45. The molecule has 0 radical (unpaired) electrons. The molecule has 3 rings (SSSR count). The van der Waals surface area contributed by atoms with E-state index in [1.54, 1.807) is 12.3 Å². The molecule has 1 aliphatic rings. The van der Waals surface area contributed by atoms with Gasteiger partial charge in [0, 0.05) is 19.3 Å². The molecule has 1 fully saturated rings. The van der Waals surface area contributed by atoms with Gasteiger partial charge in [-0.1, -0.05) is 6.07 Å². The fraction of sp³-hybridized carbons (Fsp3) is 0.368. The lowest BCUT2D eigenvalue weighted by Gasteiger charge is -2.31. The van der Waals surface area contributed by atoms with Gasteiger partial charge in [0.25, 0.3) is 0 Å². The Labute approximate surface area is 158 Å². The second kappa shape index (κ2) is 8.14. The van der Waals surface area contributed by atoms with E-state index < -0.39 is 21.8 Å². The van der Waals surface area contributed by atoms with Crippen molar-refractivity contribution in [2.45, 2.75) is 30.7 Å². The van der Waals surface area contributed by atoms with Crippen LogP contribution in [-0.2, 0) is 14.8 Å². The van der Waals surface area contributed by atoms with E-state index in [1.165, 1.54) is 16.4 Å². The van der Waals surface area contributed by atoms with Crippen molar-refractivity contribution in [3.05, 3.63) is 60.2 Å². The number of carbonyl (C=O) groups excluding carboxylic acids is 1. The smallest absolute Gasteiger partial charge is 0.243 e. The minimum Gasteiger partial charge on any atom is -0.348 e. The van der Waals surface area contributed by atoms with Crippen molar-refractivity contribution >= 4 is 15.9 Å². The Bertz CT molecular complexity index is 888. The average molecular weight is 391 g/mol. The van der Waals surface area contributed by atoms with Crippen LogP contribution >= 0.6 is 0 Å². The number of nitrogens with one attached hydrogen (secondary N) is 1. The first-order valence-electron chi connectivity index (χ1n) is 8.85. The van der Waals surface area contributed by atoms with E-state index in [4.69, 9.17) is 0 Å². The van der Waals surface area contributed by atoms with Crippen molar-refractivity contribution < 1.29 is 17.6 Å². The molecule has 8 heteroatoms. The summed E-state index contributed by atoms with van der Waals surface area (Å²) in [6.07, 6.45) is 2.88. The topological polar surface area (TPSA) is 79.4 Å². The van der Waals surface area contributed by atoms with Crippen LogP contribution in [0.1, 0.15) is 31.5 Å². The molecule has 0 spiro atoms. The Morgan fingerprint density at radius 1 is 1.26 bits per heavy atom. The van der Waals surface area contributed by atoms with Crippen molar-refractivity contribution in [2.24, 2.45) is 5.92 Å². The molecule has 6 nitrogen and oxygen atoms in total. The summed E-state index contributed by atoms with van der Waals surface area (Å²) in [4.78, 5) is 16.9. The highest BCUT2D eigenvalue weighted by Crippen LogP contribution is 2.24. The molecule has 27 heavy (non-hydrogen) atoms. The minimum atomic E-state index is -3.75. The molecule has 1 aliphatic heterocycles. The van der Waals surface area contributed by atoms with Gasteiger partial charge in [0.05, 0.1) is 22.5 Å². The first-order chi connectivity index (χ1) is 12.9. The third kappa shape index (κ3) is 4.51. The van der Waals surface area contributed by atoms with Crippen LogP contribution in [0.15, 0.2) is 53.6 Å². The van der Waals surface area contributed by atoms with Gasteiger partial charge in [-0.25, -0.2) is 12.8 Å². The number of carbonyl (C=O) groups is 1. The van der Waals surface area contributed by atoms with Gasteiger partial charge in [0.2, 0.25) is 15.9 Å². The summed E-state index contributed by atoms with van der Waals surface area (Å²) in [6, 6.07) is 9.96. The summed E-state index contributed by atoms with van der Waals surface area (Å²) in [5.74, 6) is -1.11. The van der Waals surface area contributed by atoms with Gasteiger partial charge in [-0.2, -0.15) is 4.31 Å². The Morgan fingerprint density at radius 3 is 2.67 bits per heavy atom. The summed E-state index contributed by atoms with van der Waals surface area (Å²) in [5.41, 5.74) is 0.748. The maximum Gasteiger partial charge on any atom is 0.243 e. The summed E-state index contributed by atoms with van der Waals surface area (Å²) in [5, 5.41) is 2.91. The summed E-state index contributed by atoms with van der Waals surface area (Å²) in [7, 11) is -3.75. The van der Waals surface area contributed by atoms with Gasteiger partial charge in [0.15, 0.2) is 0 Å². The summed E-state index contributed by atoms with van der Waals surface area (Å²) < 4.78 is 39.9. The first-order valence-corrected chi connectivity index (χ1v) is 10.3. The monoisotopic (exact) mass is 391 g/mol. The molecule has 2 aromatic rings. The van der Waals surface area contributed by atoms with Crippen LogP contribution in [0.25, 0.3) is 0 Å². The highest BCUT2D eigenvalue weighted by molar-refractivity contribution is 7.89. The molecule has 0 aliphatic carbocycles. The zero-order valence-corrected chi connectivity index (χ0v) is 15.8. The molecule has 0 bridgehead atoms. The minimum absolute atomic E-state index is 0.0341. The number of piperidine rings is 1. The number of rotatable bonds is 5. The van der Waals surface area contributed by atoms with E-state index in [0.717, 1.165) is 17.8 Å². The average Bonchev–Trinajstić information content (AvgIpc) is 2.69. The molecule has 1 aromatic heterocycles. The van der Waals surface area contributed by atoms with Gasteiger partial charge >= 0.3 is 0 Å². The highest BCUT2D eigenvalue weighted by atomic mass is 32.2. The third-order valence-electron chi connectivity index (χ3n) is 4.70. The molecule has 1 saturated heterocycles. The Hall–Kier alpha value is -2.32. The van der Waals surface area contributed by atoms with Gasteiger partial charge in [-0.3, -0.25) is 9.78 Å². The molecular formula is C19H22FN3O3S. The van der Waals surface area contributed by atoms with Crippen LogP contribution in [0.4, 0.5) is 4.39 Å². The van der Waals surface area contributed by atoms with E-state index >= 15 is 0 Å². The Morgan fingerprint density at radius 2 is 2.00 bits per heavy atom. The van der Waals surface area contributed by atoms with Gasteiger partial charge < -0.3 is 5.32 Å². The fourth-order valence-corrected chi connectivity index (χ4v) is 4.69. The maximum absolute atomic E-state index is 13.1. The number of halogens is 1. The molecule has 1 N–H and O–H groups in total. The van der Waals surface area contributed by atoms with Crippen molar-refractivity contribution in [3.8, 4) is 0 Å². The number of sulfonamides is 1. The van der Waals surface area contributed by atoms with Crippen LogP contribution in [0.2, 0.25) is 0 Å². The summed E-state index contributed by atoms with van der Waals surface area (Å²) in [6.45, 7) is 2.30. The van der Waals surface area contributed by atoms with Gasteiger partial charge in [-0.05, 0) is 56.2 Å². The third-order valence-corrected chi connectivity index (χ3v) is 6.58. The largest absolute Gasteiger partial charge is 0.348 e. The quantitative estimate of drug-likeness (QED) is 0.849. The molecule has 1 aromatic carbocycles. The van der Waals surface area contributed by atoms with Crippen LogP contribution < -0.4 is 5.32 Å². The van der Waals surface area contributed by atoms with E-state index in [0.29, 0.717) is 19.4 Å². The fourth-order valence-electron chi connectivity index (χ4n) is 3.17. The number of hydrogen-bond acceptors (Lipinski definition) is 4. The predicted octanol–water partition coefficient (Wildman–Crippen LogP) is 2.50. The number of aromatic nitrogens is 1. The molecule has 2 atom stereocenters. The zero-order chi connectivity index (χ0) is 19.4. The zero-order valence-electron chi connectivity index (χ0n) is 15.0. The highest BCUT2D eigenvalue weighted by Gasteiger charge is 2.33. The Kier molecular flexibility index (Phi) is 5.86. The molecule has 144 valence electrons. The second-order valence-corrected chi connectivity index (χ2v) is 8.58. The van der Waals surface area contributed by atoms with E-state index in [9.17, 15) is 17.6 Å². The predicted molar refractivity (Wildman–Crippen MR) is 98.7 cm³/mol. The van der Waals surface area contributed by atoms with Crippen molar-refractivity contribution in [1.29, 1.82) is 0 Å².